The van der Waals surface area contributed by atoms with Gasteiger partial charge in [-0.05, 0) is 71.8 Å². The Morgan fingerprint density at radius 3 is 1.58 bits per heavy atom. The molecule has 38 heavy (non-hydrogen) atoms. The average molecular weight is 517 g/mol. The lowest BCUT2D eigenvalue weighted by atomic mass is 10.00. The fourth-order valence-corrected chi connectivity index (χ4v) is 3.49. The van der Waals surface area contributed by atoms with Crippen LogP contribution in [0.3, 0.4) is 0 Å². The molecule has 0 amide bonds. The molecular weight excluding hydrogens is 488 g/mol. The van der Waals surface area contributed by atoms with Gasteiger partial charge in [0.05, 0.1) is 34.0 Å². The van der Waals surface area contributed by atoms with E-state index in [9.17, 15) is 19.8 Å². The Bertz CT molecular complexity index is 1340. The maximum Gasteiger partial charge on any atom is 0.189 e. The minimum Gasteiger partial charge on any atom is -0.504 e. The molecule has 8 heteroatoms. The van der Waals surface area contributed by atoms with E-state index in [4.69, 9.17) is 18.9 Å². The standard InChI is InChI=1S/C30H28O8/c1-35-22-9-14-28(36-2)21(17-22)18-23(24(31)10-5-19-7-12-26(33)29(15-19)37-3)25(32)11-6-20-8-13-27(34)30(16-20)38-4/h5-18,33-34H,1-4H3/b10-5+,11-6+. The first kappa shape index (κ1) is 27.6. The summed E-state index contributed by atoms with van der Waals surface area (Å²) in [4.78, 5) is 26.6. The zero-order valence-corrected chi connectivity index (χ0v) is 21.4. The number of carbonyl (C=O) groups excluding carboxylic acids is 2. The number of methoxy groups -OCH3 is 4. The van der Waals surface area contributed by atoms with E-state index in [-0.39, 0.29) is 28.6 Å². The summed E-state index contributed by atoms with van der Waals surface area (Å²) in [5.41, 5.74) is 1.53. The first-order valence-corrected chi connectivity index (χ1v) is 11.4. The summed E-state index contributed by atoms with van der Waals surface area (Å²) in [7, 11) is 5.84. The molecule has 0 heterocycles. The molecule has 3 aromatic rings. The molecule has 0 aliphatic carbocycles. The number of allylic oxidation sites excluding steroid dienone is 3. The number of carbonyl (C=O) groups is 2. The van der Waals surface area contributed by atoms with Crippen molar-refractivity contribution in [2.75, 3.05) is 28.4 Å². The van der Waals surface area contributed by atoms with Crippen molar-refractivity contribution in [3.8, 4) is 34.5 Å². The van der Waals surface area contributed by atoms with Crippen LogP contribution in [0.4, 0.5) is 0 Å². The molecular formula is C30H28O8. The highest BCUT2D eigenvalue weighted by Gasteiger charge is 2.16. The number of rotatable bonds is 11. The Morgan fingerprint density at radius 1 is 0.632 bits per heavy atom. The maximum absolute atomic E-state index is 13.3. The largest absolute Gasteiger partial charge is 0.504 e. The van der Waals surface area contributed by atoms with Gasteiger partial charge in [-0.2, -0.15) is 0 Å². The normalized spacial score (nSPS) is 10.8. The second-order valence-corrected chi connectivity index (χ2v) is 7.92. The number of benzene rings is 3. The molecule has 196 valence electrons. The van der Waals surface area contributed by atoms with E-state index in [0.29, 0.717) is 28.2 Å². The molecule has 0 aromatic heterocycles. The van der Waals surface area contributed by atoms with Gasteiger partial charge in [0.2, 0.25) is 0 Å². The van der Waals surface area contributed by atoms with Crippen molar-refractivity contribution >= 4 is 29.8 Å². The molecule has 0 unspecified atom stereocenters. The third-order valence-corrected chi connectivity index (χ3v) is 5.53. The van der Waals surface area contributed by atoms with Gasteiger partial charge in [-0.1, -0.05) is 24.3 Å². The fourth-order valence-electron chi connectivity index (χ4n) is 3.49. The van der Waals surface area contributed by atoms with E-state index in [1.54, 1.807) is 42.5 Å². The van der Waals surface area contributed by atoms with Crippen molar-refractivity contribution in [2.24, 2.45) is 0 Å². The van der Waals surface area contributed by atoms with Crippen LogP contribution in [0.2, 0.25) is 0 Å². The summed E-state index contributed by atoms with van der Waals surface area (Å²) >= 11 is 0. The lowest BCUT2D eigenvalue weighted by Crippen LogP contribution is -2.09. The van der Waals surface area contributed by atoms with Crippen LogP contribution < -0.4 is 18.9 Å². The number of hydrogen-bond acceptors (Lipinski definition) is 8. The van der Waals surface area contributed by atoms with Crippen molar-refractivity contribution in [3.63, 3.8) is 0 Å². The SMILES string of the molecule is COc1ccc(OC)c(C=C(C(=O)/C=C/c2ccc(O)c(OC)c2)C(=O)/C=C/c2ccc(O)c(OC)c2)c1. The second-order valence-electron chi connectivity index (χ2n) is 7.92. The molecule has 0 atom stereocenters. The smallest absolute Gasteiger partial charge is 0.189 e. The topological polar surface area (TPSA) is 112 Å². The quantitative estimate of drug-likeness (QED) is 0.206. The Morgan fingerprint density at radius 2 is 1.13 bits per heavy atom. The lowest BCUT2D eigenvalue weighted by Gasteiger charge is -2.09. The maximum atomic E-state index is 13.3. The van der Waals surface area contributed by atoms with E-state index in [1.807, 2.05) is 0 Å². The molecule has 8 nitrogen and oxygen atoms in total. The summed E-state index contributed by atoms with van der Waals surface area (Å²) in [6, 6.07) is 14.3. The molecule has 0 radical (unpaired) electrons. The van der Waals surface area contributed by atoms with Gasteiger partial charge < -0.3 is 29.2 Å². The number of hydrogen-bond donors (Lipinski definition) is 2. The zero-order chi connectivity index (χ0) is 27.7. The van der Waals surface area contributed by atoms with Gasteiger partial charge in [-0.25, -0.2) is 0 Å². The lowest BCUT2D eigenvalue weighted by molar-refractivity contribution is -0.116. The molecule has 3 rings (SSSR count). The second kappa shape index (κ2) is 12.8. The van der Waals surface area contributed by atoms with Gasteiger partial charge in [0.25, 0.3) is 0 Å². The van der Waals surface area contributed by atoms with Gasteiger partial charge in [-0.15, -0.1) is 0 Å². The van der Waals surface area contributed by atoms with Crippen LogP contribution in [-0.2, 0) is 9.59 Å². The van der Waals surface area contributed by atoms with E-state index in [1.165, 1.54) is 71.0 Å². The van der Waals surface area contributed by atoms with Crippen LogP contribution in [0, 0.1) is 0 Å². The van der Waals surface area contributed by atoms with Gasteiger partial charge >= 0.3 is 0 Å². The predicted octanol–water partition coefficient (Wildman–Crippen LogP) is 5.08. The summed E-state index contributed by atoms with van der Waals surface area (Å²) in [5, 5.41) is 19.6. The zero-order valence-electron chi connectivity index (χ0n) is 21.4. The van der Waals surface area contributed by atoms with E-state index >= 15 is 0 Å². The van der Waals surface area contributed by atoms with Crippen molar-refractivity contribution < 1.29 is 38.7 Å². The summed E-state index contributed by atoms with van der Waals surface area (Å²) < 4.78 is 20.9. The van der Waals surface area contributed by atoms with Crippen molar-refractivity contribution in [1.82, 2.24) is 0 Å². The molecule has 2 N–H and O–H groups in total. The first-order chi connectivity index (χ1) is 18.3. The van der Waals surface area contributed by atoms with Crippen LogP contribution >= 0.6 is 0 Å². The Kier molecular flexibility index (Phi) is 9.31. The number of ketones is 2. The van der Waals surface area contributed by atoms with Crippen LogP contribution in [0.15, 0.2) is 72.3 Å². The van der Waals surface area contributed by atoms with Crippen molar-refractivity contribution in [3.05, 3.63) is 89.0 Å². The minimum atomic E-state index is -0.556. The molecule has 0 aliphatic heterocycles. The summed E-state index contributed by atoms with van der Waals surface area (Å²) in [6.07, 6.45) is 7.00. The average Bonchev–Trinajstić information content (AvgIpc) is 2.94. The monoisotopic (exact) mass is 516 g/mol. The highest BCUT2D eigenvalue weighted by atomic mass is 16.5. The highest BCUT2D eigenvalue weighted by Crippen LogP contribution is 2.29. The fraction of sp³-hybridized carbons (Fsp3) is 0.133. The molecule has 0 bridgehead atoms. The summed E-state index contributed by atoms with van der Waals surface area (Å²) in [6.45, 7) is 0. The minimum absolute atomic E-state index is 0.0344. The number of ether oxygens (including phenoxy) is 4. The van der Waals surface area contributed by atoms with E-state index in [0.717, 1.165) is 0 Å². The summed E-state index contributed by atoms with van der Waals surface area (Å²) in [5.74, 6) is 0.290. The molecule has 0 aliphatic rings. The predicted molar refractivity (Wildman–Crippen MR) is 145 cm³/mol. The van der Waals surface area contributed by atoms with Gasteiger partial charge in [-0.3, -0.25) is 9.59 Å². The van der Waals surface area contributed by atoms with Gasteiger partial charge in [0.15, 0.2) is 34.6 Å². The first-order valence-electron chi connectivity index (χ1n) is 11.4. The molecule has 3 aromatic carbocycles. The highest BCUT2D eigenvalue weighted by molar-refractivity contribution is 6.31. The molecule has 0 saturated heterocycles. The van der Waals surface area contributed by atoms with Crippen molar-refractivity contribution in [2.45, 2.75) is 0 Å². The Labute approximate surface area is 220 Å². The van der Waals surface area contributed by atoms with E-state index in [2.05, 4.69) is 0 Å². The third kappa shape index (κ3) is 6.82. The van der Waals surface area contributed by atoms with Crippen LogP contribution in [0.1, 0.15) is 16.7 Å². The Balaban J connectivity index is 2.02. The van der Waals surface area contributed by atoms with Crippen LogP contribution in [-0.4, -0.2) is 50.2 Å². The number of aromatic hydroxyl groups is 2. The van der Waals surface area contributed by atoms with Crippen LogP contribution in [0.25, 0.3) is 18.2 Å². The van der Waals surface area contributed by atoms with Gasteiger partial charge in [0, 0.05) is 5.56 Å². The van der Waals surface area contributed by atoms with Gasteiger partial charge in [0.1, 0.15) is 11.5 Å². The van der Waals surface area contributed by atoms with Crippen molar-refractivity contribution in [1.29, 1.82) is 0 Å². The number of phenolic OH excluding ortho intramolecular Hbond substituents is 2. The van der Waals surface area contributed by atoms with Crippen LogP contribution in [0.5, 0.6) is 34.5 Å². The van der Waals surface area contributed by atoms with E-state index < -0.39 is 11.6 Å². The molecule has 0 spiro atoms. The molecule has 0 saturated carbocycles. The molecule has 0 fully saturated rings. The Hall–Kier alpha value is -4.98. The third-order valence-electron chi connectivity index (χ3n) is 5.53. The number of phenols is 2.